The number of carbonyl (C=O) groups excluding carboxylic acids is 1. The Morgan fingerprint density at radius 2 is 2.19 bits per heavy atom. The minimum atomic E-state index is -0.609. The molecule has 1 unspecified atom stereocenters. The van der Waals surface area contributed by atoms with Crippen LogP contribution in [0.5, 0.6) is 0 Å². The molecule has 1 heterocycles. The number of hydrogen-bond donors (Lipinski definition) is 2. The molecule has 0 aliphatic heterocycles. The number of furan rings is 1. The second kappa shape index (κ2) is 4.89. The van der Waals surface area contributed by atoms with Gasteiger partial charge in [0.25, 0.3) is 5.91 Å². The second-order valence-electron chi connectivity index (χ2n) is 4.70. The van der Waals surface area contributed by atoms with Gasteiger partial charge in [-0.1, -0.05) is 20.8 Å². The minimum Gasteiger partial charge on any atom is -0.440 e. The Bertz CT molecular complexity index is 368. The summed E-state index contributed by atoms with van der Waals surface area (Å²) in [4.78, 5) is 11.5. The first-order chi connectivity index (χ1) is 7.30. The summed E-state index contributed by atoms with van der Waals surface area (Å²) in [6, 6.07) is 2.98. The van der Waals surface area contributed by atoms with Gasteiger partial charge in [0.05, 0.1) is 6.10 Å². The van der Waals surface area contributed by atoms with Gasteiger partial charge in [0, 0.05) is 6.54 Å². The van der Waals surface area contributed by atoms with Crippen LogP contribution < -0.4 is 5.32 Å². The van der Waals surface area contributed by atoms with Crippen molar-refractivity contribution in [2.24, 2.45) is 5.41 Å². The fourth-order valence-corrected chi connectivity index (χ4v) is 1.17. The average Bonchev–Trinajstić information content (AvgIpc) is 2.59. The smallest absolute Gasteiger partial charge is 0.287 e. The topological polar surface area (TPSA) is 62.5 Å². The number of hydrogen-bond acceptors (Lipinski definition) is 3. The van der Waals surface area contributed by atoms with Crippen molar-refractivity contribution >= 4 is 17.5 Å². The zero-order valence-corrected chi connectivity index (χ0v) is 10.3. The lowest BCUT2D eigenvalue weighted by molar-refractivity contribution is 0.0579. The number of halogens is 1. The molecule has 0 aliphatic rings. The van der Waals surface area contributed by atoms with Crippen LogP contribution in [0.4, 0.5) is 0 Å². The van der Waals surface area contributed by atoms with Crippen LogP contribution in [0, 0.1) is 5.41 Å². The lowest BCUT2D eigenvalue weighted by Gasteiger charge is -2.25. The summed E-state index contributed by atoms with van der Waals surface area (Å²) in [6.45, 7) is 5.87. The number of aliphatic hydroxyl groups excluding tert-OH is 1. The molecule has 16 heavy (non-hydrogen) atoms. The van der Waals surface area contributed by atoms with E-state index in [4.69, 9.17) is 16.0 Å². The molecule has 2 N–H and O–H groups in total. The Balaban J connectivity index is 2.48. The number of aliphatic hydroxyl groups is 1. The van der Waals surface area contributed by atoms with E-state index >= 15 is 0 Å². The van der Waals surface area contributed by atoms with Crippen LogP contribution in [-0.2, 0) is 0 Å². The van der Waals surface area contributed by atoms with Gasteiger partial charge in [-0.2, -0.15) is 0 Å². The van der Waals surface area contributed by atoms with Gasteiger partial charge in [-0.25, -0.2) is 0 Å². The summed E-state index contributed by atoms with van der Waals surface area (Å²) in [5.41, 5.74) is -0.270. The van der Waals surface area contributed by atoms with Gasteiger partial charge in [-0.05, 0) is 29.1 Å². The van der Waals surface area contributed by atoms with Gasteiger partial charge in [-0.15, -0.1) is 0 Å². The fraction of sp³-hybridized carbons (Fsp3) is 0.545. The zero-order chi connectivity index (χ0) is 12.3. The monoisotopic (exact) mass is 245 g/mol. The molecule has 0 saturated carbocycles. The van der Waals surface area contributed by atoms with E-state index in [0.717, 1.165) is 0 Å². The summed E-state index contributed by atoms with van der Waals surface area (Å²) in [5.74, 6) is -0.235. The molecule has 0 aromatic carbocycles. The first-order valence-electron chi connectivity index (χ1n) is 5.02. The van der Waals surface area contributed by atoms with E-state index in [1.807, 2.05) is 20.8 Å². The molecule has 1 atom stereocenters. The molecule has 4 nitrogen and oxygen atoms in total. The van der Waals surface area contributed by atoms with Gasteiger partial charge in [0.1, 0.15) is 0 Å². The number of nitrogens with one attached hydrogen (secondary N) is 1. The number of amides is 1. The molecule has 1 rings (SSSR count). The van der Waals surface area contributed by atoms with E-state index in [0.29, 0.717) is 0 Å². The normalized spacial score (nSPS) is 13.6. The maximum atomic E-state index is 11.5. The molecule has 0 spiro atoms. The Labute approximate surface area is 99.6 Å². The van der Waals surface area contributed by atoms with Crippen molar-refractivity contribution in [2.45, 2.75) is 26.9 Å². The van der Waals surface area contributed by atoms with Gasteiger partial charge in [-0.3, -0.25) is 4.79 Å². The van der Waals surface area contributed by atoms with Crippen molar-refractivity contribution in [3.05, 3.63) is 23.1 Å². The number of rotatable bonds is 3. The highest BCUT2D eigenvalue weighted by Gasteiger charge is 2.23. The maximum Gasteiger partial charge on any atom is 0.287 e. The van der Waals surface area contributed by atoms with E-state index in [2.05, 4.69) is 5.32 Å². The standard InChI is InChI=1S/C11H16ClNO3/c1-11(2,3)8(14)6-13-10(15)7-4-5-9(12)16-7/h4-5,8,14H,6H2,1-3H3,(H,13,15). The van der Waals surface area contributed by atoms with E-state index < -0.39 is 6.10 Å². The largest absolute Gasteiger partial charge is 0.440 e. The van der Waals surface area contributed by atoms with Crippen LogP contribution in [0.3, 0.4) is 0 Å². The Morgan fingerprint density at radius 3 is 2.62 bits per heavy atom. The first-order valence-corrected chi connectivity index (χ1v) is 5.40. The maximum absolute atomic E-state index is 11.5. The molecule has 1 aromatic rings. The van der Waals surface area contributed by atoms with Crippen LogP contribution in [-0.4, -0.2) is 23.7 Å². The summed E-state index contributed by atoms with van der Waals surface area (Å²) >= 11 is 5.54. The van der Waals surface area contributed by atoms with Gasteiger partial charge >= 0.3 is 0 Å². The van der Waals surface area contributed by atoms with Crippen LogP contribution >= 0.6 is 11.6 Å². The Kier molecular flexibility index (Phi) is 3.99. The summed E-state index contributed by atoms with van der Waals surface area (Å²) in [6.07, 6.45) is -0.609. The highest BCUT2D eigenvalue weighted by molar-refractivity contribution is 6.29. The van der Waals surface area contributed by atoms with Gasteiger partial charge in [0.2, 0.25) is 0 Å². The lowest BCUT2D eigenvalue weighted by atomic mass is 9.89. The minimum absolute atomic E-state index is 0.145. The van der Waals surface area contributed by atoms with Crippen molar-refractivity contribution in [2.75, 3.05) is 6.54 Å². The van der Waals surface area contributed by atoms with Crippen molar-refractivity contribution in [1.82, 2.24) is 5.32 Å². The van der Waals surface area contributed by atoms with Crippen LogP contribution in [0.25, 0.3) is 0 Å². The molecule has 1 aromatic heterocycles. The molecule has 0 radical (unpaired) electrons. The van der Waals surface area contributed by atoms with Crippen molar-refractivity contribution < 1.29 is 14.3 Å². The Hall–Kier alpha value is -1.00. The van der Waals surface area contributed by atoms with Gasteiger partial charge < -0.3 is 14.8 Å². The second-order valence-corrected chi connectivity index (χ2v) is 5.07. The van der Waals surface area contributed by atoms with E-state index in [-0.39, 0.29) is 28.8 Å². The first kappa shape index (κ1) is 13.1. The predicted molar refractivity (Wildman–Crippen MR) is 61.5 cm³/mol. The third-order valence-corrected chi connectivity index (χ3v) is 2.46. The van der Waals surface area contributed by atoms with Crippen molar-refractivity contribution in [1.29, 1.82) is 0 Å². The summed E-state index contributed by atoms with van der Waals surface area (Å²) < 4.78 is 4.93. The number of carbonyl (C=O) groups is 1. The van der Waals surface area contributed by atoms with Crippen LogP contribution in [0.1, 0.15) is 31.3 Å². The molecule has 1 amide bonds. The van der Waals surface area contributed by atoms with Gasteiger partial charge in [0.15, 0.2) is 11.0 Å². The highest BCUT2D eigenvalue weighted by atomic mass is 35.5. The fourth-order valence-electron chi connectivity index (χ4n) is 1.02. The van der Waals surface area contributed by atoms with E-state index in [1.165, 1.54) is 12.1 Å². The molecular formula is C11H16ClNO3. The molecule has 90 valence electrons. The molecule has 5 heteroatoms. The van der Waals surface area contributed by atoms with Crippen molar-refractivity contribution in [3.63, 3.8) is 0 Å². The quantitative estimate of drug-likeness (QED) is 0.857. The molecular weight excluding hydrogens is 230 g/mol. The zero-order valence-electron chi connectivity index (χ0n) is 9.58. The predicted octanol–water partition coefficient (Wildman–Crippen LogP) is 2.07. The lowest BCUT2D eigenvalue weighted by Crippen LogP contribution is -2.39. The highest BCUT2D eigenvalue weighted by Crippen LogP contribution is 2.18. The molecule has 0 fully saturated rings. The van der Waals surface area contributed by atoms with Crippen LogP contribution in [0.15, 0.2) is 16.5 Å². The molecule has 0 bridgehead atoms. The third-order valence-electron chi connectivity index (χ3n) is 2.25. The summed E-state index contributed by atoms with van der Waals surface area (Å²) in [5, 5.41) is 12.5. The van der Waals surface area contributed by atoms with E-state index in [1.54, 1.807) is 0 Å². The molecule has 0 saturated heterocycles. The van der Waals surface area contributed by atoms with Crippen LogP contribution in [0.2, 0.25) is 5.22 Å². The van der Waals surface area contributed by atoms with Crippen molar-refractivity contribution in [3.8, 4) is 0 Å². The SMILES string of the molecule is CC(C)(C)C(O)CNC(=O)c1ccc(Cl)o1. The van der Waals surface area contributed by atoms with E-state index in [9.17, 15) is 9.90 Å². The Morgan fingerprint density at radius 1 is 1.56 bits per heavy atom. The average molecular weight is 246 g/mol. The third kappa shape index (κ3) is 3.54. The summed E-state index contributed by atoms with van der Waals surface area (Å²) in [7, 11) is 0. The molecule has 0 aliphatic carbocycles.